The van der Waals surface area contributed by atoms with Crippen molar-refractivity contribution < 1.29 is 9.05 Å². The van der Waals surface area contributed by atoms with Crippen molar-refractivity contribution in [3.05, 3.63) is 72.8 Å². The van der Waals surface area contributed by atoms with Crippen LogP contribution in [0, 0.1) is 0 Å². The number of nitrogen functional groups attached to an aromatic ring is 3. The number of anilines is 3. The monoisotopic (exact) mass is 445 g/mol. The van der Waals surface area contributed by atoms with Crippen molar-refractivity contribution in [1.82, 2.24) is 0 Å². The summed E-state index contributed by atoms with van der Waals surface area (Å²) >= 11 is -3.25. The summed E-state index contributed by atoms with van der Waals surface area (Å²) in [6.45, 7) is 0. The van der Waals surface area contributed by atoms with Gasteiger partial charge in [-0.1, -0.05) is 0 Å². The van der Waals surface area contributed by atoms with Gasteiger partial charge < -0.3 is 0 Å². The van der Waals surface area contributed by atoms with E-state index in [4.69, 9.17) is 26.2 Å². The van der Waals surface area contributed by atoms with E-state index in [2.05, 4.69) is 0 Å². The van der Waals surface area contributed by atoms with Gasteiger partial charge in [0.1, 0.15) is 0 Å². The first-order chi connectivity index (χ1) is 12.1. The molecule has 6 N–H and O–H groups in total. The zero-order chi connectivity index (χ0) is 17.6. The molecule has 0 aliphatic heterocycles. The van der Waals surface area contributed by atoms with Gasteiger partial charge in [0.05, 0.1) is 0 Å². The van der Waals surface area contributed by atoms with Crippen LogP contribution in [-0.2, 0) is 0 Å². The molecule has 7 heteroatoms. The van der Waals surface area contributed by atoms with Gasteiger partial charge in [-0.2, -0.15) is 0 Å². The Bertz CT molecular complexity index is 747. The molecule has 0 amide bonds. The summed E-state index contributed by atoms with van der Waals surface area (Å²) in [6.07, 6.45) is 0. The molecule has 0 fully saturated rings. The summed E-state index contributed by atoms with van der Waals surface area (Å²) in [5.41, 5.74) is 19.4. The third kappa shape index (κ3) is 4.42. The molecule has 0 heterocycles. The number of rotatable bonds is 6. The Kier molecular flexibility index (Phi) is 5.41. The SMILES string of the molecule is Nc1ccccc1[O][Sb]([O]c1ccccc1N)[O]c1ccccc1N. The standard InChI is InChI=1S/3C6H7NO.Sb/c3*7-5-3-1-2-4-6(5)8;/h3*1-4,8H,7H2;/q;;;+3/p-3. The molecule has 3 aromatic rings. The second-order valence-electron chi connectivity index (χ2n) is 5.11. The Hall–Kier alpha value is -2.72. The number of benzene rings is 3. The van der Waals surface area contributed by atoms with Crippen LogP contribution in [0.25, 0.3) is 0 Å². The molecule has 0 aliphatic carbocycles. The Labute approximate surface area is 154 Å². The first-order valence-electron chi connectivity index (χ1n) is 7.51. The summed E-state index contributed by atoms with van der Waals surface area (Å²) in [5, 5.41) is 0. The van der Waals surface area contributed by atoms with Gasteiger partial charge in [0.25, 0.3) is 0 Å². The number of para-hydroxylation sites is 6. The van der Waals surface area contributed by atoms with Gasteiger partial charge in [-0.15, -0.1) is 0 Å². The fourth-order valence-corrected chi connectivity index (χ4v) is 5.11. The van der Waals surface area contributed by atoms with Crippen LogP contribution < -0.4 is 26.2 Å². The van der Waals surface area contributed by atoms with Gasteiger partial charge in [0.15, 0.2) is 0 Å². The van der Waals surface area contributed by atoms with Gasteiger partial charge in [-0.25, -0.2) is 0 Å². The molecule has 0 bridgehead atoms. The molecule has 3 aromatic carbocycles. The third-order valence-electron chi connectivity index (χ3n) is 3.28. The molecule has 128 valence electrons. The molecule has 6 nitrogen and oxygen atoms in total. The third-order valence-corrected chi connectivity index (χ3v) is 6.24. The molecule has 0 saturated carbocycles. The van der Waals surface area contributed by atoms with E-state index in [0.717, 1.165) is 0 Å². The summed E-state index contributed by atoms with van der Waals surface area (Å²) in [5.74, 6) is 1.53. The average molecular weight is 446 g/mol. The van der Waals surface area contributed by atoms with E-state index < -0.39 is 21.5 Å². The van der Waals surface area contributed by atoms with Crippen molar-refractivity contribution in [2.24, 2.45) is 0 Å². The molecule has 3 rings (SSSR count). The summed E-state index contributed by atoms with van der Waals surface area (Å²) in [4.78, 5) is 0. The maximum absolute atomic E-state index is 5.97. The van der Waals surface area contributed by atoms with E-state index in [1.54, 1.807) is 36.4 Å². The van der Waals surface area contributed by atoms with Crippen molar-refractivity contribution in [1.29, 1.82) is 0 Å². The minimum atomic E-state index is -3.25. The fourth-order valence-electron chi connectivity index (χ4n) is 1.99. The van der Waals surface area contributed by atoms with E-state index in [1.165, 1.54) is 0 Å². The van der Waals surface area contributed by atoms with E-state index in [1.807, 2.05) is 36.4 Å². The van der Waals surface area contributed by atoms with Crippen LogP contribution in [0.5, 0.6) is 17.2 Å². The number of nitrogens with two attached hydrogens (primary N) is 3. The quantitative estimate of drug-likeness (QED) is 0.397. The van der Waals surface area contributed by atoms with Gasteiger partial charge >= 0.3 is 155 Å². The zero-order valence-electron chi connectivity index (χ0n) is 13.3. The van der Waals surface area contributed by atoms with Crippen LogP contribution in [0.3, 0.4) is 0 Å². The molecule has 0 saturated heterocycles. The van der Waals surface area contributed by atoms with Gasteiger partial charge in [-0.05, 0) is 0 Å². The molecule has 25 heavy (non-hydrogen) atoms. The Balaban J connectivity index is 1.86. The topological polar surface area (TPSA) is 106 Å². The number of hydrogen-bond acceptors (Lipinski definition) is 6. The van der Waals surface area contributed by atoms with Crippen LogP contribution >= 0.6 is 0 Å². The van der Waals surface area contributed by atoms with Gasteiger partial charge in [0, 0.05) is 0 Å². The molecular formula is C18H18N3O3Sb. The molecular weight excluding hydrogens is 428 g/mol. The fraction of sp³-hybridized carbons (Fsp3) is 0. The Morgan fingerprint density at radius 3 is 1.04 bits per heavy atom. The van der Waals surface area contributed by atoms with Crippen molar-refractivity contribution in [2.75, 3.05) is 17.2 Å². The van der Waals surface area contributed by atoms with Crippen LogP contribution in [0.1, 0.15) is 0 Å². The molecule has 0 aliphatic rings. The Morgan fingerprint density at radius 1 is 0.480 bits per heavy atom. The molecule has 0 spiro atoms. The van der Waals surface area contributed by atoms with Crippen LogP contribution in [0.15, 0.2) is 72.8 Å². The van der Waals surface area contributed by atoms with Crippen molar-refractivity contribution in [3.8, 4) is 17.2 Å². The Morgan fingerprint density at radius 2 is 0.760 bits per heavy atom. The maximum atomic E-state index is 5.97. The van der Waals surface area contributed by atoms with Crippen molar-refractivity contribution in [3.63, 3.8) is 0 Å². The molecule has 0 atom stereocenters. The minimum absolute atomic E-state index is 0.506. The van der Waals surface area contributed by atoms with Crippen molar-refractivity contribution >= 4 is 38.5 Å². The predicted octanol–water partition coefficient (Wildman–Crippen LogP) is 2.95. The summed E-state index contributed by atoms with van der Waals surface area (Å²) in [6, 6.07) is 21.5. The van der Waals surface area contributed by atoms with Crippen molar-refractivity contribution in [2.45, 2.75) is 0 Å². The average Bonchev–Trinajstić information content (AvgIpc) is 2.61. The van der Waals surface area contributed by atoms with Crippen LogP contribution in [0.2, 0.25) is 0 Å². The van der Waals surface area contributed by atoms with E-state index in [9.17, 15) is 0 Å². The first kappa shape index (κ1) is 17.1. The second kappa shape index (κ2) is 7.90. The van der Waals surface area contributed by atoms with E-state index in [0.29, 0.717) is 34.3 Å². The number of hydrogen-bond donors (Lipinski definition) is 3. The second-order valence-corrected chi connectivity index (χ2v) is 7.95. The summed E-state index contributed by atoms with van der Waals surface area (Å²) in [7, 11) is 0. The zero-order valence-corrected chi connectivity index (χ0v) is 15.9. The summed E-state index contributed by atoms with van der Waals surface area (Å²) < 4.78 is 17.9. The van der Waals surface area contributed by atoms with E-state index in [-0.39, 0.29) is 0 Å². The van der Waals surface area contributed by atoms with E-state index >= 15 is 0 Å². The van der Waals surface area contributed by atoms with Crippen LogP contribution in [-0.4, -0.2) is 21.5 Å². The van der Waals surface area contributed by atoms with Gasteiger partial charge in [-0.3, -0.25) is 0 Å². The predicted molar refractivity (Wildman–Crippen MR) is 100 cm³/mol. The molecule has 0 unspecified atom stereocenters. The normalized spacial score (nSPS) is 10.4. The van der Waals surface area contributed by atoms with Crippen LogP contribution in [0.4, 0.5) is 17.1 Å². The molecule has 0 aromatic heterocycles. The molecule has 0 radical (unpaired) electrons. The first-order valence-corrected chi connectivity index (χ1v) is 10.6. The van der Waals surface area contributed by atoms with Gasteiger partial charge in [0.2, 0.25) is 0 Å².